The molecule has 110 valence electrons. The molecule has 1 aliphatic rings. The minimum absolute atomic E-state index is 0.309. The van der Waals surface area contributed by atoms with E-state index in [0.717, 1.165) is 39.0 Å². The first-order valence-electron chi connectivity index (χ1n) is 7.84. The molecule has 1 saturated heterocycles. The van der Waals surface area contributed by atoms with E-state index in [9.17, 15) is 4.79 Å². The Bertz CT molecular complexity index is 442. The second-order valence-electron chi connectivity index (χ2n) is 5.85. The van der Waals surface area contributed by atoms with Crippen LogP contribution in [0.2, 0.25) is 0 Å². The fourth-order valence-electron chi connectivity index (χ4n) is 3.41. The molecule has 0 saturated carbocycles. The Kier molecular flexibility index (Phi) is 4.81. The van der Waals surface area contributed by atoms with E-state index in [0.29, 0.717) is 16.6 Å². The molecule has 0 radical (unpaired) electrons. The summed E-state index contributed by atoms with van der Waals surface area (Å²) in [5, 5.41) is 0. The zero-order valence-electron chi connectivity index (χ0n) is 13.0. The van der Waals surface area contributed by atoms with Gasteiger partial charge in [0.25, 0.3) is 0 Å². The number of likely N-dealkylation sites (tertiary alicyclic amines) is 1. The molecule has 0 spiro atoms. The number of rotatable bonds is 4. The van der Waals surface area contributed by atoms with Crippen LogP contribution in [0.25, 0.3) is 0 Å². The van der Waals surface area contributed by atoms with Gasteiger partial charge in [0.15, 0.2) is 0 Å². The minimum atomic E-state index is 0.309. The first-order valence-corrected chi connectivity index (χ1v) is 7.84. The standard InChI is InChI=1S/C17H27N2O/c1-4-18(5-2)17(20)19(13-9-10-15(19)3)14-16-11-7-6-8-12-16/h6-8,11-12,15H,4-5,9-10,13-14H2,1-3H3/q+1/t15-,19?/m1/s1. The molecule has 1 fully saturated rings. The molecule has 0 aromatic heterocycles. The highest BCUT2D eigenvalue weighted by atomic mass is 16.2. The fourth-order valence-corrected chi connectivity index (χ4v) is 3.41. The van der Waals surface area contributed by atoms with Gasteiger partial charge in [-0.25, -0.2) is 9.28 Å². The predicted molar refractivity (Wildman–Crippen MR) is 82.3 cm³/mol. The van der Waals surface area contributed by atoms with Crippen LogP contribution in [0.3, 0.4) is 0 Å². The minimum Gasteiger partial charge on any atom is -0.293 e. The number of quaternary nitrogens is 1. The molecule has 1 aromatic carbocycles. The number of nitrogens with zero attached hydrogens (tertiary/aromatic N) is 2. The highest BCUT2D eigenvalue weighted by Crippen LogP contribution is 2.31. The summed E-state index contributed by atoms with van der Waals surface area (Å²) in [7, 11) is 0. The van der Waals surface area contributed by atoms with Gasteiger partial charge in [-0.15, -0.1) is 0 Å². The molecule has 1 heterocycles. The van der Waals surface area contributed by atoms with Gasteiger partial charge in [0.1, 0.15) is 6.54 Å². The van der Waals surface area contributed by atoms with Crippen LogP contribution in [0.1, 0.15) is 39.2 Å². The van der Waals surface area contributed by atoms with Crippen LogP contribution in [0.4, 0.5) is 4.79 Å². The summed E-state index contributed by atoms with van der Waals surface area (Å²) < 4.78 is 0.603. The number of hydrogen-bond donors (Lipinski definition) is 0. The maximum absolute atomic E-state index is 13.0. The smallest absolute Gasteiger partial charge is 0.293 e. The lowest BCUT2D eigenvalue weighted by Gasteiger charge is -2.39. The Balaban J connectivity index is 2.29. The van der Waals surface area contributed by atoms with Crippen molar-refractivity contribution < 1.29 is 9.28 Å². The zero-order chi connectivity index (χ0) is 14.6. The van der Waals surface area contributed by atoms with Gasteiger partial charge in [0, 0.05) is 31.5 Å². The quantitative estimate of drug-likeness (QED) is 0.768. The molecule has 0 aliphatic carbocycles. The predicted octanol–water partition coefficient (Wildman–Crippen LogP) is 3.65. The van der Waals surface area contributed by atoms with E-state index in [1.807, 2.05) is 11.0 Å². The highest BCUT2D eigenvalue weighted by Gasteiger charge is 2.47. The molecule has 1 aliphatic heterocycles. The van der Waals surface area contributed by atoms with Crippen molar-refractivity contribution in [1.82, 2.24) is 4.90 Å². The molecule has 20 heavy (non-hydrogen) atoms. The normalized spacial score (nSPS) is 25.6. The topological polar surface area (TPSA) is 20.3 Å². The summed E-state index contributed by atoms with van der Waals surface area (Å²) in [6.45, 7) is 9.79. The SMILES string of the molecule is CCN(CC)C(=O)[N+]1(Cc2ccccc2)CCC[C@H]1C. The monoisotopic (exact) mass is 275 g/mol. The van der Waals surface area contributed by atoms with Crippen LogP contribution in [-0.2, 0) is 6.54 Å². The molecule has 1 aromatic rings. The van der Waals surface area contributed by atoms with Crippen molar-refractivity contribution in [1.29, 1.82) is 0 Å². The van der Waals surface area contributed by atoms with E-state index < -0.39 is 0 Å². The van der Waals surface area contributed by atoms with Crippen molar-refractivity contribution in [2.45, 2.75) is 46.2 Å². The van der Waals surface area contributed by atoms with Crippen molar-refractivity contribution in [2.24, 2.45) is 0 Å². The van der Waals surface area contributed by atoms with Gasteiger partial charge in [0.2, 0.25) is 0 Å². The maximum Gasteiger partial charge on any atom is 0.419 e. The van der Waals surface area contributed by atoms with Crippen LogP contribution in [0.5, 0.6) is 0 Å². The van der Waals surface area contributed by atoms with Gasteiger partial charge in [-0.1, -0.05) is 30.3 Å². The second kappa shape index (κ2) is 6.40. The molecule has 1 unspecified atom stereocenters. The summed E-state index contributed by atoms with van der Waals surface area (Å²) in [6, 6.07) is 11.2. The Labute approximate surface area is 122 Å². The number of carbonyl (C=O) groups excluding carboxylic acids is 1. The lowest BCUT2D eigenvalue weighted by molar-refractivity contribution is -0.877. The van der Waals surface area contributed by atoms with Crippen molar-refractivity contribution in [3.05, 3.63) is 35.9 Å². The van der Waals surface area contributed by atoms with Crippen LogP contribution >= 0.6 is 0 Å². The summed E-state index contributed by atoms with van der Waals surface area (Å²) >= 11 is 0. The van der Waals surface area contributed by atoms with E-state index in [4.69, 9.17) is 0 Å². The number of carbonyl (C=O) groups is 1. The van der Waals surface area contributed by atoms with Crippen LogP contribution < -0.4 is 0 Å². The molecule has 2 amide bonds. The first kappa shape index (κ1) is 15.0. The molecular formula is C17H27N2O+. The van der Waals surface area contributed by atoms with Crippen LogP contribution in [0.15, 0.2) is 30.3 Å². The first-order chi connectivity index (χ1) is 9.64. The molecular weight excluding hydrogens is 248 g/mol. The van der Waals surface area contributed by atoms with E-state index in [1.165, 1.54) is 5.56 Å². The second-order valence-corrected chi connectivity index (χ2v) is 5.85. The molecule has 2 rings (SSSR count). The number of hydrogen-bond acceptors (Lipinski definition) is 1. The Hall–Kier alpha value is -1.35. The van der Waals surface area contributed by atoms with Gasteiger partial charge in [-0.05, 0) is 20.8 Å². The average Bonchev–Trinajstić information content (AvgIpc) is 2.83. The third-order valence-corrected chi connectivity index (χ3v) is 4.75. The highest BCUT2D eigenvalue weighted by molar-refractivity contribution is 5.67. The van der Waals surface area contributed by atoms with Gasteiger partial charge >= 0.3 is 6.03 Å². The van der Waals surface area contributed by atoms with Crippen LogP contribution in [0, 0.1) is 0 Å². The molecule has 0 N–H and O–H groups in total. The van der Waals surface area contributed by atoms with E-state index in [1.54, 1.807) is 0 Å². The summed E-state index contributed by atoms with van der Waals surface area (Å²) in [5.41, 5.74) is 1.27. The average molecular weight is 275 g/mol. The lowest BCUT2D eigenvalue weighted by atomic mass is 10.1. The van der Waals surface area contributed by atoms with Crippen molar-refractivity contribution in [3.63, 3.8) is 0 Å². The van der Waals surface area contributed by atoms with E-state index >= 15 is 0 Å². The van der Waals surface area contributed by atoms with Gasteiger partial charge < -0.3 is 0 Å². The molecule has 0 bridgehead atoms. The summed E-state index contributed by atoms with van der Waals surface area (Å²) in [6.07, 6.45) is 2.31. The summed E-state index contributed by atoms with van der Waals surface area (Å²) in [5.74, 6) is 0. The molecule has 2 atom stereocenters. The van der Waals surface area contributed by atoms with E-state index in [-0.39, 0.29) is 0 Å². The van der Waals surface area contributed by atoms with Crippen molar-refractivity contribution in [2.75, 3.05) is 19.6 Å². The third-order valence-electron chi connectivity index (χ3n) is 4.75. The Morgan fingerprint density at radius 2 is 1.90 bits per heavy atom. The van der Waals surface area contributed by atoms with Gasteiger partial charge in [-0.3, -0.25) is 4.90 Å². The molecule has 3 heteroatoms. The number of urea groups is 1. The maximum atomic E-state index is 13.0. The summed E-state index contributed by atoms with van der Waals surface area (Å²) in [4.78, 5) is 15.0. The van der Waals surface area contributed by atoms with E-state index in [2.05, 4.69) is 45.0 Å². The van der Waals surface area contributed by atoms with Gasteiger partial charge in [0.05, 0.1) is 12.6 Å². The van der Waals surface area contributed by atoms with Gasteiger partial charge in [-0.2, -0.15) is 0 Å². The van der Waals surface area contributed by atoms with Crippen molar-refractivity contribution >= 4 is 6.03 Å². The lowest BCUT2D eigenvalue weighted by Crippen LogP contribution is -2.59. The Morgan fingerprint density at radius 1 is 1.25 bits per heavy atom. The Morgan fingerprint density at radius 3 is 2.40 bits per heavy atom. The molecule has 3 nitrogen and oxygen atoms in total. The van der Waals surface area contributed by atoms with Crippen molar-refractivity contribution in [3.8, 4) is 0 Å². The number of benzene rings is 1. The zero-order valence-corrected chi connectivity index (χ0v) is 13.0. The number of amides is 2. The third kappa shape index (κ3) is 2.73. The fraction of sp³-hybridized carbons (Fsp3) is 0.588. The largest absolute Gasteiger partial charge is 0.419 e. The van der Waals surface area contributed by atoms with Crippen LogP contribution in [-0.4, -0.2) is 41.1 Å².